The van der Waals surface area contributed by atoms with E-state index >= 15 is 0 Å². The molecule has 3 aromatic rings. The quantitative estimate of drug-likeness (QED) is 0.564. The number of likely N-dealkylation sites (N-methyl/N-ethyl adjacent to an activating group) is 1. The van der Waals surface area contributed by atoms with Gasteiger partial charge in [0.2, 0.25) is 0 Å². The molecule has 4 heteroatoms. The average molecular weight is 387 g/mol. The lowest BCUT2D eigenvalue weighted by Gasteiger charge is -2.24. The summed E-state index contributed by atoms with van der Waals surface area (Å²) in [6, 6.07) is 28.7. The minimum Gasteiger partial charge on any atom is -0.452 e. The van der Waals surface area contributed by atoms with E-state index in [0.29, 0.717) is 6.54 Å². The van der Waals surface area contributed by atoms with E-state index in [1.807, 2.05) is 91.0 Å². The number of amides is 1. The number of esters is 1. The Hall–Kier alpha value is -3.40. The standard InChI is InChI=1S/C25H25NO3/c1-19(24(27)26(2)18-20-12-6-3-7-13-20)29-25(28)23(21-14-8-4-9-15-21)22-16-10-5-11-17-22/h3-17,19,23H,18H2,1-2H3/t19-/m1/s1. The van der Waals surface area contributed by atoms with Crippen molar-refractivity contribution < 1.29 is 14.3 Å². The van der Waals surface area contributed by atoms with Crippen LogP contribution in [0, 0.1) is 0 Å². The maximum Gasteiger partial charge on any atom is 0.318 e. The molecule has 0 fully saturated rings. The van der Waals surface area contributed by atoms with Crippen molar-refractivity contribution in [1.82, 2.24) is 4.90 Å². The van der Waals surface area contributed by atoms with Crippen LogP contribution in [0.15, 0.2) is 91.0 Å². The second-order valence-corrected chi connectivity index (χ2v) is 7.01. The lowest BCUT2D eigenvalue weighted by atomic mass is 9.91. The summed E-state index contributed by atoms with van der Waals surface area (Å²) >= 11 is 0. The highest BCUT2D eigenvalue weighted by molar-refractivity contribution is 5.87. The molecule has 0 aliphatic rings. The molecular formula is C25H25NO3. The van der Waals surface area contributed by atoms with Crippen LogP contribution in [0.5, 0.6) is 0 Å². The molecule has 0 bridgehead atoms. The number of carbonyl (C=O) groups excluding carboxylic acids is 2. The number of carbonyl (C=O) groups is 2. The molecular weight excluding hydrogens is 362 g/mol. The van der Waals surface area contributed by atoms with Crippen LogP contribution >= 0.6 is 0 Å². The molecule has 0 aliphatic carbocycles. The summed E-state index contributed by atoms with van der Waals surface area (Å²) < 4.78 is 5.61. The van der Waals surface area contributed by atoms with Crippen molar-refractivity contribution in [2.45, 2.75) is 25.5 Å². The van der Waals surface area contributed by atoms with E-state index in [1.54, 1.807) is 18.9 Å². The number of hydrogen-bond acceptors (Lipinski definition) is 3. The highest BCUT2D eigenvalue weighted by Gasteiger charge is 2.29. The van der Waals surface area contributed by atoms with Crippen LogP contribution in [-0.2, 0) is 20.9 Å². The zero-order chi connectivity index (χ0) is 20.6. The van der Waals surface area contributed by atoms with Gasteiger partial charge in [-0.1, -0.05) is 91.0 Å². The van der Waals surface area contributed by atoms with Crippen LogP contribution in [0.4, 0.5) is 0 Å². The van der Waals surface area contributed by atoms with E-state index in [0.717, 1.165) is 16.7 Å². The highest BCUT2D eigenvalue weighted by atomic mass is 16.5. The zero-order valence-corrected chi connectivity index (χ0v) is 16.7. The molecule has 0 radical (unpaired) electrons. The Morgan fingerprint density at radius 1 is 0.793 bits per heavy atom. The van der Waals surface area contributed by atoms with Crippen molar-refractivity contribution in [3.8, 4) is 0 Å². The van der Waals surface area contributed by atoms with Gasteiger partial charge in [-0.15, -0.1) is 0 Å². The van der Waals surface area contributed by atoms with Crippen LogP contribution in [0.1, 0.15) is 29.5 Å². The Morgan fingerprint density at radius 2 is 1.24 bits per heavy atom. The van der Waals surface area contributed by atoms with Gasteiger partial charge in [0.05, 0.1) is 0 Å². The van der Waals surface area contributed by atoms with E-state index in [2.05, 4.69) is 0 Å². The monoisotopic (exact) mass is 387 g/mol. The van der Waals surface area contributed by atoms with Gasteiger partial charge in [0.15, 0.2) is 6.10 Å². The summed E-state index contributed by atoms with van der Waals surface area (Å²) in [5.41, 5.74) is 2.69. The van der Waals surface area contributed by atoms with Gasteiger partial charge in [0.1, 0.15) is 5.92 Å². The minimum absolute atomic E-state index is 0.234. The van der Waals surface area contributed by atoms with Gasteiger partial charge < -0.3 is 9.64 Å². The van der Waals surface area contributed by atoms with E-state index in [1.165, 1.54) is 0 Å². The normalized spacial score (nSPS) is 11.7. The van der Waals surface area contributed by atoms with Crippen LogP contribution in [0.2, 0.25) is 0 Å². The Bertz CT molecular complexity index is 887. The van der Waals surface area contributed by atoms with Crippen molar-refractivity contribution in [3.63, 3.8) is 0 Å². The molecule has 3 aromatic carbocycles. The zero-order valence-electron chi connectivity index (χ0n) is 16.7. The van der Waals surface area contributed by atoms with E-state index < -0.39 is 18.0 Å². The van der Waals surface area contributed by atoms with Crippen LogP contribution < -0.4 is 0 Å². The maximum atomic E-state index is 13.0. The second-order valence-electron chi connectivity index (χ2n) is 7.01. The Labute approximate surface area is 171 Å². The SMILES string of the molecule is C[C@@H](OC(=O)C(c1ccccc1)c1ccccc1)C(=O)N(C)Cc1ccccc1. The van der Waals surface area contributed by atoms with Crippen molar-refractivity contribution in [2.24, 2.45) is 0 Å². The Morgan fingerprint density at radius 3 is 1.72 bits per heavy atom. The van der Waals surface area contributed by atoms with Crippen molar-refractivity contribution in [2.75, 3.05) is 7.05 Å². The third kappa shape index (κ3) is 5.32. The smallest absolute Gasteiger partial charge is 0.318 e. The lowest BCUT2D eigenvalue weighted by molar-refractivity contribution is -0.159. The average Bonchev–Trinajstić information content (AvgIpc) is 2.75. The molecule has 0 N–H and O–H groups in total. The van der Waals surface area contributed by atoms with Crippen molar-refractivity contribution >= 4 is 11.9 Å². The van der Waals surface area contributed by atoms with Crippen LogP contribution in [-0.4, -0.2) is 29.9 Å². The molecule has 148 valence electrons. The second kappa shape index (κ2) is 9.69. The number of ether oxygens (including phenoxy) is 1. The molecule has 0 spiro atoms. The fraction of sp³-hybridized carbons (Fsp3) is 0.200. The number of benzene rings is 3. The molecule has 0 heterocycles. The van der Waals surface area contributed by atoms with E-state index in [4.69, 9.17) is 4.74 Å². The lowest BCUT2D eigenvalue weighted by Crippen LogP contribution is -2.38. The Kier molecular flexibility index (Phi) is 6.80. The first-order valence-electron chi connectivity index (χ1n) is 9.65. The van der Waals surface area contributed by atoms with E-state index in [9.17, 15) is 9.59 Å². The minimum atomic E-state index is -0.869. The van der Waals surface area contributed by atoms with Gasteiger partial charge in [-0.25, -0.2) is 0 Å². The summed E-state index contributed by atoms with van der Waals surface area (Å²) in [7, 11) is 1.71. The summed E-state index contributed by atoms with van der Waals surface area (Å²) in [5, 5.41) is 0. The number of hydrogen-bond donors (Lipinski definition) is 0. The molecule has 3 rings (SSSR count). The molecule has 0 aromatic heterocycles. The molecule has 29 heavy (non-hydrogen) atoms. The van der Waals surface area contributed by atoms with Gasteiger partial charge in [0, 0.05) is 13.6 Å². The Balaban J connectivity index is 1.72. The van der Waals surface area contributed by atoms with Gasteiger partial charge >= 0.3 is 5.97 Å². The predicted octanol–water partition coefficient (Wildman–Crippen LogP) is 4.41. The number of rotatable bonds is 7. The topological polar surface area (TPSA) is 46.6 Å². The van der Waals surface area contributed by atoms with Gasteiger partial charge in [-0.3, -0.25) is 9.59 Å². The first kappa shape index (κ1) is 20.3. The molecule has 0 saturated carbocycles. The molecule has 0 aliphatic heterocycles. The third-order valence-corrected chi connectivity index (χ3v) is 4.78. The molecule has 0 saturated heterocycles. The van der Waals surface area contributed by atoms with Crippen molar-refractivity contribution in [3.05, 3.63) is 108 Å². The molecule has 4 nitrogen and oxygen atoms in total. The summed E-state index contributed by atoms with van der Waals surface area (Å²) in [5.74, 6) is -1.24. The molecule has 1 amide bonds. The summed E-state index contributed by atoms with van der Waals surface area (Å²) in [6.07, 6.45) is -0.869. The van der Waals surface area contributed by atoms with Gasteiger partial charge in [0.25, 0.3) is 5.91 Å². The van der Waals surface area contributed by atoms with Crippen molar-refractivity contribution in [1.29, 1.82) is 0 Å². The molecule has 0 unspecified atom stereocenters. The fourth-order valence-electron chi connectivity index (χ4n) is 3.29. The van der Waals surface area contributed by atoms with Gasteiger partial charge in [-0.2, -0.15) is 0 Å². The van der Waals surface area contributed by atoms with Crippen LogP contribution in [0.3, 0.4) is 0 Å². The maximum absolute atomic E-state index is 13.0. The highest BCUT2D eigenvalue weighted by Crippen LogP contribution is 2.26. The molecule has 1 atom stereocenters. The largest absolute Gasteiger partial charge is 0.452 e. The summed E-state index contributed by atoms with van der Waals surface area (Å²) in [4.78, 5) is 27.4. The predicted molar refractivity (Wildman–Crippen MR) is 113 cm³/mol. The first-order chi connectivity index (χ1) is 14.1. The third-order valence-electron chi connectivity index (χ3n) is 4.78. The number of nitrogens with zero attached hydrogens (tertiary/aromatic N) is 1. The summed E-state index contributed by atoms with van der Waals surface area (Å²) in [6.45, 7) is 2.08. The van der Waals surface area contributed by atoms with E-state index in [-0.39, 0.29) is 5.91 Å². The van der Waals surface area contributed by atoms with Gasteiger partial charge in [-0.05, 0) is 23.6 Å². The fourth-order valence-corrected chi connectivity index (χ4v) is 3.29. The van der Waals surface area contributed by atoms with Crippen LogP contribution in [0.25, 0.3) is 0 Å². The first-order valence-corrected chi connectivity index (χ1v) is 9.65.